The van der Waals surface area contributed by atoms with Gasteiger partial charge in [-0.05, 0) is 54.1 Å². The Hall–Kier alpha value is -3.93. The van der Waals surface area contributed by atoms with E-state index in [0.717, 1.165) is 16.2 Å². The lowest BCUT2D eigenvalue weighted by molar-refractivity contribution is -0.115. The highest BCUT2D eigenvalue weighted by Crippen LogP contribution is 2.29. The standard InChI is InChI=1S/C23H18N2O4/c1-29-18-12-6-15(7-13-18)14-21(26)24-16-8-10-17(11-9-16)25-22(27)19-4-2-3-5-20(19)23(25)28/h2-13H,14H2,1H3,(H,24,26). The number of carbonyl (C=O) groups is 3. The second-order valence-corrected chi connectivity index (χ2v) is 6.61. The molecule has 3 aromatic rings. The van der Waals surface area contributed by atoms with Gasteiger partial charge in [0.15, 0.2) is 0 Å². The van der Waals surface area contributed by atoms with Crippen LogP contribution in [-0.2, 0) is 11.2 Å². The number of nitrogens with one attached hydrogen (secondary N) is 1. The molecule has 3 amide bonds. The molecule has 0 radical (unpaired) electrons. The van der Waals surface area contributed by atoms with E-state index in [4.69, 9.17) is 4.74 Å². The average molecular weight is 386 g/mol. The summed E-state index contributed by atoms with van der Waals surface area (Å²) < 4.78 is 5.11. The molecule has 0 aliphatic carbocycles. The van der Waals surface area contributed by atoms with E-state index >= 15 is 0 Å². The molecule has 144 valence electrons. The van der Waals surface area contributed by atoms with Gasteiger partial charge < -0.3 is 10.1 Å². The quantitative estimate of drug-likeness (QED) is 0.679. The Labute approximate surface area is 167 Å². The number of hydrogen-bond acceptors (Lipinski definition) is 4. The molecular formula is C23H18N2O4. The van der Waals surface area contributed by atoms with E-state index < -0.39 is 0 Å². The maximum absolute atomic E-state index is 12.5. The summed E-state index contributed by atoms with van der Waals surface area (Å²) >= 11 is 0. The molecule has 1 aliphatic rings. The summed E-state index contributed by atoms with van der Waals surface area (Å²) in [7, 11) is 1.59. The van der Waals surface area contributed by atoms with Crippen LogP contribution in [0.1, 0.15) is 26.3 Å². The van der Waals surface area contributed by atoms with Crippen LogP contribution in [-0.4, -0.2) is 24.8 Å². The van der Waals surface area contributed by atoms with Gasteiger partial charge in [-0.1, -0.05) is 24.3 Å². The third-order valence-corrected chi connectivity index (χ3v) is 4.73. The van der Waals surface area contributed by atoms with Crippen molar-refractivity contribution in [1.82, 2.24) is 0 Å². The molecule has 6 nitrogen and oxygen atoms in total. The van der Waals surface area contributed by atoms with Crippen molar-refractivity contribution in [1.29, 1.82) is 0 Å². The molecule has 3 aromatic carbocycles. The minimum Gasteiger partial charge on any atom is -0.497 e. The number of amides is 3. The molecule has 0 saturated heterocycles. The third-order valence-electron chi connectivity index (χ3n) is 4.73. The van der Waals surface area contributed by atoms with Crippen molar-refractivity contribution in [2.45, 2.75) is 6.42 Å². The molecule has 6 heteroatoms. The highest BCUT2D eigenvalue weighted by Gasteiger charge is 2.36. The number of nitrogens with zero attached hydrogens (tertiary/aromatic N) is 1. The Morgan fingerprint density at radius 1 is 0.862 bits per heavy atom. The first-order valence-corrected chi connectivity index (χ1v) is 9.07. The van der Waals surface area contributed by atoms with Gasteiger partial charge in [0.2, 0.25) is 5.91 Å². The first-order valence-electron chi connectivity index (χ1n) is 9.07. The van der Waals surface area contributed by atoms with E-state index in [0.29, 0.717) is 22.5 Å². The fourth-order valence-corrected chi connectivity index (χ4v) is 3.25. The van der Waals surface area contributed by atoms with Crippen molar-refractivity contribution in [2.24, 2.45) is 0 Å². The van der Waals surface area contributed by atoms with Gasteiger partial charge in [0.25, 0.3) is 11.8 Å². The minimum absolute atomic E-state index is 0.163. The Bertz CT molecular complexity index is 1050. The number of carbonyl (C=O) groups excluding carboxylic acids is 3. The summed E-state index contributed by atoms with van der Waals surface area (Å²) in [4.78, 5) is 38.5. The summed E-state index contributed by atoms with van der Waals surface area (Å²) in [5.41, 5.74) is 2.71. The number of benzene rings is 3. The van der Waals surface area contributed by atoms with Crippen molar-refractivity contribution < 1.29 is 19.1 Å². The van der Waals surface area contributed by atoms with Crippen LogP contribution in [0.3, 0.4) is 0 Å². The number of anilines is 2. The normalized spacial score (nSPS) is 12.7. The second-order valence-electron chi connectivity index (χ2n) is 6.61. The van der Waals surface area contributed by atoms with Crippen LogP contribution in [0.25, 0.3) is 0 Å². The zero-order chi connectivity index (χ0) is 20.4. The van der Waals surface area contributed by atoms with Crippen LogP contribution in [0.5, 0.6) is 5.75 Å². The summed E-state index contributed by atoms with van der Waals surface area (Å²) in [5.74, 6) is -0.120. The molecule has 0 fully saturated rings. The molecular weight excluding hydrogens is 368 g/mol. The lowest BCUT2D eigenvalue weighted by atomic mass is 10.1. The number of methoxy groups -OCH3 is 1. The van der Waals surface area contributed by atoms with Crippen molar-refractivity contribution in [3.05, 3.63) is 89.5 Å². The van der Waals surface area contributed by atoms with Crippen LogP contribution < -0.4 is 15.0 Å². The molecule has 0 aromatic heterocycles. The number of fused-ring (bicyclic) bond motifs is 1. The number of rotatable bonds is 5. The van der Waals surface area contributed by atoms with Crippen LogP contribution in [0, 0.1) is 0 Å². The van der Waals surface area contributed by atoms with E-state index in [2.05, 4.69) is 5.32 Å². The highest BCUT2D eigenvalue weighted by atomic mass is 16.5. The van der Waals surface area contributed by atoms with Crippen molar-refractivity contribution in [3.8, 4) is 5.75 Å². The van der Waals surface area contributed by atoms with Gasteiger partial charge >= 0.3 is 0 Å². The van der Waals surface area contributed by atoms with E-state index in [1.807, 2.05) is 12.1 Å². The zero-order valence-electron chi connectivity index (χ0n) is 15.7. The average Bonchev–Trinajstić information content (AvgIpc) is 3.00. The number of imide groups is 1. The molecule has 0 saturated carbocycles. The van der Waals surface area contributed by atoms with Gasteiger partial charge in [-0.2, -0.15) is 0 Å². The Morgan fingerprint density at radius 3 is 2.00 bits per heavy atom. The van der Waals surface area contributed by atoms with Crippen molar-refractivity contribution >= 4 is 29.1 Å². The van der Waals surface area contributed by atoms with Gasteiger partial charge in [0.05, 0.1) is 30.3 Å². The highest BCUT2D eigenvalue weighted by molar-refractivity contribution is 6.34. The lowest BCUT2D eigenvalue weighted by Crippen LogP contribution is -2.29. The molecule has 29 heavy (non-hydrogen) atoms. The first-order chi connectivity index (χ1) is 14.1. The van der Waals surface area contributed by atoms with Crippen LogP contribution in [0.15, 0.2) is 72.8 Å². The van der Waals surface area contributed by atoms with Crippen LogP contribution in [0.2, 0.25) is 0 Å². The van der Waals surface area contributed by atoms with Crippen molar-refractivity contribution in [3.63, 3.8) is 0 Å². The molecule has 1 heterocycles. The molecule has 0 bridgehead atoms. The summed E-state index contributed by atoms with van der Waals surface area (Å²) in [5, 5.41) is 2.82. The summed E-state index contributed by atoms with van der Waals surface area (Å²) in [6.07, 6.45) is 0.226. The predicted molar refractivity (Wildman–Crippen MR) is 109 cm³/mol. The topological polar surface area (TPSA) is 75.7 Å². The Morgan fingerprint density at radius 2 is 1.45 bits per heavy atom. The second kappa shape index (κ2) is 7.59. The number of hydrogen-bond donors (Lipinski definition) is 1. The smallest absolute Gasteiger partial charge is 0.266 e. The van der Waals surface area contributed by atoms with Gasteiger partial charge in [0, 0.05) is 5.69 Å². The zero-order valence-corrected chi connectivity index (χ0v) is 15.7. The molecule has 0 atom stereocenters. The summed E-state index contributed by atoms with van der Waals surface area (Å²) in [6, 6.07) is 20.7. The molecule has 4 rings (SSSR count). The predicted octanol–water partition coefficient (Wildman–Crippen LogP) is 3.68. The minimum atomic E-state index is -0.345. The van der Waals surface area contributed by atoms with Gasteiger partial charge in [-0.3, -0.25) is 14.4 Å². The molecule has 1 aliphatic heterocycles. The monoisotopic (exact) mass is 386 g/mol. The molecule has 0 unspecified atom stereocenters. The van der Waals surface area contributed by atoms with Gasteiger partial charge in [0.1, 0.15) is 5.75 Å². The SMILES string of the molecule is COc1ccc(CC(=O)Nc2ccc(N3C(=O)c4ccccc4C3=O)cc2)cc1. The van der Waals surface area contributed by atoms with Gasteiger partial charge in [-0.25, -0.2) is 4.90 Å². The summed E-state index contributed by atoms with van der Waals surface area (Å²) in [6.45, 7) is 0. The number of ether oxygens (including phenoxy) is 1. The Balaban J connectivity index is 1.44. The molecule has 0 spiro atoms. The first kappa shape index (κ1) is 18.4. The van der Waals surface area contributed by atoms with E-state index in [-0.39, 0.29) is 24.1 Å². The van der Waals surface area contributed by atoms with E-state index in [1.54, 1.807) is 67.8 Å². The van der Waals surface area contributed by atoms with Crippen LogP contribution in [0.4, 0.5) is 11.4 Å². The lowest BCUT2D eigenvalue weighted by Gasteiger charge is -2.14. The van der Waals surface area contributed by atoms with Crippen LogP contribution >= 0.6 is 0 Å². The van der Waals surface area contributed by atoms with Crippen molar-refractivity contribution in [2.75, 3.05) is 17.3 Å². The Kier molecular flexibility index (Phi) is 4.83. The third kappa shape index (κ3) is 3.60. The maximum atomic E-state index is 12.5. The van der Waals surface area contributed by atoms with E-state index in [9.17, 15) is 14.4 Å². The van der Waals surface area contributed by atoms with E-state index in [1.165, 1.54) is 0 Å². The van der Waals surface area contributed by atoms with Gasteiger partial charge in [-0.15, -0.1) is 0 Å². The fourth-order valence-electron chi connectivity index (χ4n) is 3.25. The maximum Gasteiger partial charge on any atom is 0.266 e. The largest absolute Gasteiger partial charge is 0.497 e. The fraction of sp³-hybridized carbons (Fsp3) is 0.0870. The molecule has 1 N–H and O–H groups in total.